The largest absolute Gasteiger partial charge is 0.341 e. The van der Waals surface area contributed by atoms with Crippen LogP contribution in [0.4, 0.5) is 17.1 Å². The van der Waals surface area contributed by atoms with Crippen LogP contribution in [0.25, 0.3) is 75.7 Å². The molecule has 1 heterocycles. The van der Waals surface area contributed by atoms with Gasteiger partial charge in [0.05, 0.1) is 0 Å². The maximum Gasteiger partial charge on any atom is 0.0497 e. The first-order valence-electron chi connectivity index (χ1n) is 16.8. The number of rotatable bonds is 4. The number of benzene rings is 9. The molecule has 0 unspecified atom stereocenters. The minimum absolute atomic E-state index is 0.934. The molecule has 0 spiro atoms. The molecule has 0 saturated carbocycles. The van der Waals surface area contributed by atoms with Crippen LogP contribution >= 0.6 is 0 Å². The minimum Gasteiger partial charge on any atom is -0.341 e. The molecule has 10 rings (SSSR count). The first kappa shape index (κ1) is 27.0. The fourth-order valence-corrected chi connectivity index (χ4v) is 8.04. The van der Waals surface area contributed by atoms with Gasteiger partial charge in [0.15, 0.2) is 0 Å². The summed E-state index contributed by atoms with van der Waals surface area (Å²) in [6.07, 6.45) is 0. The van der Waals surface area contributed by atoms with E-state index >= 15 is 0 Å². The molecule has 0 radical (unpaired) electrons. The Labute approximate surface area is 278 Å². The van der Waals surface area contributed by atoms with Gasteiger partial charge in [-0.25, -0.2) is 0 Å². The van der Waals surface area contributed by atoms with Crippen molar-refractivity contribution in [3.05, 3.63) is 164 Å². The van der Waals surface area contributed by atoms with E-state index in [2.05, 4.69) is 180 Å². The lowest BCUT2D eigenvalue weighted by molar-refractivity contribution is 0.827. The van der Waals surface area contributed by atoms with Crippen LogP contribution in [0.15, 0.2) is 164 Å². The van der Waals surface area contributed by atoms with Crippen molar-refractivity contribution >= 4 is 92.7 Å². The number of aromatic nitrogens is 1. The molecular weight excluding hydrogens is 581 g/mol. The van der Waals surface area contributed by atoms with Gasteiger partial charge in [-0.3, -0.25) is 0 Å². The lowest BCUT2D eigenvalue weighted by Gasteiger charge is -2.27. The van der Waals surface area contributed by atoms with E-state index in [-0.39, 0.29) is 0 Å². The Balaban J connectivity index is 1.27. The lowest BCUT2D eigenvalue weighted by atomic mass is 9.92. The molecule has 0 aliphatic heterocycles. The van der Waals surface area contributed by atoms with Crippen LogP contribution < -0.4 is 4.90 Å². The summed E-state index contributed by atoms with van der Waals surface area (Å²) in [5.74, 6) is 0. The molecule has 0 amide bonds. The van der Waals surface area contributed by atoms with Gasteiger partial charge in [0.2, 0.25) is 0 Å². The molecule has 0 fully saturated rings. The minimum atomic E-state index is 0.934. The van der Waals surface area contributed by atoms with Gasteiger partial charge in [-0.05, 0) is 115 Å². The zero-order valence-corrected chi connectivity index (χ0v) is 26.7. The number of aryl methyl sites for hydroxylation is 1. The van der Waals surface area contributed by atoms with E-state index in [1.807, 2.05) is 0 Å². The van der Waals surface area contributed by atoms with Gasteiger partial charge in [0, 0.05) is 45.4 Å². The molecule has 0 saturated heterocycles. The van der Waals surface area contributed by atoms with Gasteiger partial charge in [-0.15, -0.1) is 0 Å². The zero-order chi connectivity index (χ0) is 31.8. The van der Waals surface area contributed by atoms with Crippen molar-refractivity contribution in [3.63, 3.8) is 0 Å². The van der Waals surface area contributed by atoms with E-state index in [1.54, 1.807) is 0 Å². The second-order valence-electron chi connectivity index (χ2n) is 12.9. The van der Waals surface area contributed by atoms with Crippen LogP contribution in [-0.4, -0.2) is 4.57 Å². The number of hydrogen-bond acceptors (Lipinski definition) is 1. The van der Waals surface area contributed by atoms with E-state index in [0.717, 1.165) is 23.6 Å². The van der Waals surface area contributed by atoms with Crippen LogP contribution in [0.3, 0.4) is 0 Å². The molecule has 1 aromatic heterocycles. The second kappa shape index (κ2) is 10.4. The van der Waals surface area contributed by atoms with E-state index in [9.17, 15) is 0 Å². The molecule has 2 nitrogen and oxygen atoms in total. The molecule has 0 atom stereocenters. The van der Waals surface area contributed by atoms with Crippen LogP contribution in [-0.2, 0) is 6.54 Å². The van der Waals surface area contributed by atoms with E-state index < -0.39 is 0 Å². The van der Waals surface area contributed by atoms with Gasteiger partial charge in [-0.1, -0.05) is 109 Å². The summed E-state index contributed by atoms with van der Waals surface area (Å²) in [4.78, 5) is 2.41. The van der Waals surface area contributed by atoms with Gasteiger partial charge >= 0.3 is 0 Å². The van der Waals surface area contributed by atoms with E-state index in [4.69, 9.17) is 0 Å². The van der Waals surface area contributed by atoms with Crippen molar-refractivity contribution in [2.24, 2.45) is 0 Å². The Bertz CT molecular complexity index is 2810. The van der Waals surface area contributed by atoms with Crippen molar-refractivity contribution in [3.8, 4) is 0 Å². The zero-order valence-electron chi connectivity index (χ0n) is 26.7. The molecule has 2 heteroatoms. The molecule has 226 valence electrons. The lowest BCUT2D eigenvalue weighted by Crippen LogP contribution is -2.10. The van der Waals surface area contributed by atoms with Gasteiger partial charge in [-0.2, -0.15) is 0 Å². The van der Waals surface area contributed by atoms with Crippen LogP contribution in [0, 0.1) is 0 Å². The van der Waals surface area contributed by atoms with Crippen molar-refractivity contribution in [2.75, 3.05) is 4.90 Å². The highest BCUT2D eigenvalue weighted by Gasteiger charge is 2.18. The SMILES string of the molecule is CCn1c2ccccc2c2cc3c4ccc(N(c5ccc6ccccc6c5)c5ccc6ccccc6c5)cc4c4ccccc4c3cc21. The fourth-order valence-electron chi connectivity index (χ4n) is 8.04. The summed E-state index contributed by atoms with van der Waals surface area (Å²) >= 11 is 0. The number of fused-ring (bicyclic) bond motifs is 11. The third kappa shape index (κ3) is 3.99. The second-order valence-corrected chi connectivity index (χ2v) is 12.9. The standard InChI is InChI=1S/C46H32N2/c1-2-47-45-18-10-9-17-40(45)44-28-42-39-24-23-36(27-41(39)37-15-7-8-16-38(37)43(42)29-46(44)47)48(34-21-19-30-11-3-5-13-32(30)25-34)35-22-20-31-12-4-6-14-33(31)26-35/h3-29H,2H2,1H3. The van der Waals surface area contributed by atoms with E-state index in [1.165, 1.54) is 75.7 Å². The average Bonchev–Trinajstić information content (AvgIpc) is 3.46. The number of hydrogen-bond donors (Lipinski definition) is 0. The number of nitrogens with zero attached hydrogens (tertiary/aromatic N) is 2. The molecule has 0 bridgehead atoms. The Hall–Kier alpha value is -6.12. The Morgan fingerprint density at radius 2 is 0.833 bits per heavy atom. The van der Waals surface area contributed by atoms with Crippen molar-refractivity contribution in [1.82, 2.24) is 4.57 Å². The van der Waals surface area contributed by atoms with E-state index in [0.29, 0.717) is 0 Å². The summed E-state index contributed by atoms with van der Waals surface area (Å²) in [6.45, 7) is 3.18. The van der Waals surface area contributed by atoms with Crippen LogP contribution in [0.1, 0.15) is 6.92 Å². The maximum atomic E-state index is 2.46. The summed E-state index contributed by atoms with van der Waals surface area (Å²) in [5.41, 5.74) is 6.01. The van der Waals surface area contributed by atoms with Gasteiger partial charge in [0.1, 0.15) is 0 Å². The third-order valence-electron chi connectivity index (χ3n) is 10.3. The molecule has 48 heavy (non-hydrogen) atoms. The Morgan fingerprint density at radius 3 is 1.48 bits per heavy atom. The summed E-state index contributed by atoms with van der Waals surface area (Å²) in [5, 5.41) is 15.3. The topological polar surface area (TPSA) is 8.17 Å². The quantitative estimate of drug-likeness (QED) is 0.180. The highest BCUT2D eigenvalue weighted by Crippen LogP contribution is 2.43. The summed E-state index contributed by atoms with van der Waals surface area (Å²) < 4.78 is 2.46. The number of para-hydroxylation sites is 1. The summed E-state index contributed by atoms with van der Waals surface area (Å²) in [7, 11) is 0. The van der Waals surface area contributed by atoms with Crippen molar-refractivity contribution in [2.45, 2.75) is 13.5 Å². The normalized spacial score (nSPS) is 11.9. The van der Waals surface area contributed by atoms with Gasteiger partial charge < -0.3 is 9.47 Å². The maximum absolute atomic E-state index is 2.46. The average molecular weight is 613 g/mol. The van der Waals surface area contributed by atoms with Crippen molar-refractivity contribution < 1.29 is 0 Å². The monoisotopic (exact) mass is 612 g/mol. The van der Waals surface area contributed by atoms with Gasteiger partial charge in [0.25, 0.3) is 0 Å². The summed E-state index contributed by atoms with van der Waals surface area (Å²) in [6, 6.07) is 60.5. The predicted octanol–water partition coefficient (Wildman–Crippen LogP) is 13.1. The number of anilines is 3. The third-order valence-corrected chi connectivity index (χ3v) is 10.3. The Kier molecular flexibility index (Phi) is 5.89. The molecule has 0 aliphatic rings. The highest BCUT2D eigenvalue weighted by atomic mass is 15.1. The first-order valence-corrected chi connectivity index (χ1v) is 16.8. The Morgan fingerprint density at radius 1 is 0.354 bits per heavy atom. The highest BCUT2D eigenvalue weighted by molar-refractivity contribution is 6.29. The molecule has 9 aromatic carbocycles. The van der Waals surface area contributed by atoms with Crippen molar-refractivity contribution in [1.29, 1.82) is 0 Å². The molecule has 0 aliphatic carbocycles. The molecular formula is C46H32N2. The van der Waals surface area contributed by atoms with Crippen LogP contribution in [0.2, 0.25) is 0 Å². The molecule has 10 aromatic rings. The predicted molar refractivity (Wildman–Crippen MR) is 207 cm³/mol. The first-order chi connectivity index (χ1) is 23.7. The van der Waals surface area contributed by atoms with Crippen LogP contribution in [0.5, 0.6) is 0 Å². The molecule has 0 N–H and O–H groups in total. The smallest absolute Gasteiger partial charge is 0.0497 e. The fraction of sp³-hybridized carbons (Fsp3) is 0.0435.